The third kappa shape index (κ3) is 17.9. The monoisotopic (exact) mass is 1070 g/mol. The fraction of sp³-hybridized carbons (Fsp3) is 0.344. The van der Waals surface area contributed by atoms with Crippen molar-refractivity contribution in [1.29, 1.82) is 0 Å². The van der Waals surface area contributed by atoms with Crippen LogP contribution in [0.3, 0.4) is 0 Å². The summed E-state index contributed by atoms with van der Waals surface area (Å²) >= 11 is 0. The number of amides is 2. The predicted octanol–water partition coefficient (Wildman–Crippen LogP) is 10.6. The number of ether oxygens (including phenoxy) is 1. The van der Waals surface area contributed by atoms with Crippen molar-refractivity contribution in [2.45, 2.75) is 130 Å². The fourth-order valence-corrected chi connectivity index (χ4v) is 12.5. The highest BCUT2D eigenvalue weighted by Crippen LogP contribution is 2.28. The summed E-state index contributed by atoms with van der Waals surface area (Å²) < 4.78 is 59.7. The molecule has 13 nitrogen and oxygen atoms in total. The van der Waals surface area contributed by atoms with Crippen LogP contribution in [-0.2, 0) is 43.9 Å². The highest BCUT2D eigenvalue weighted by Gasteiger charge is 2.35. The standard InChI is InChI=1S/C31H35N3O4S.C30H37NO5S/c1-22(2)17-18-25(39(37,38)24-13-7-4-8-14-24)20-30(35)28(19-23-11-5-3-6-12-23)34-31(36)29-21-32-26-15-9-10-16-27(26)33-29;1-23(2)18-19-27(37(34,35)26-16-10-5-11-17-26)21-29(32)28(20-24-12-6-3-7-13-24)31-30(33)36-22-25-14-8-4-9-15-25/h3-16,21-22,25,28,30,35H,17-20H2,1-2H3,(H,34,36);3-17,23,27-29,32H,18-22H2,1-2H3,(H,31,33). The lowest BCUT2D eigenvalue weighted by atomic mass is 9.95. The molecule has 1 aromatic heterocycles. The number of rotatable bonds is 25. The fourth-order valence-electron chi connectivity index (χ4n) is 8.84. The third-order valence-electron chi connectivity index (χ3n) is 13.2. The summed E-state index contributed by atoms with van der Waals surface area (Å²) in [6.07, 6.45) is 1.44. The van der Waals surface area contributed by atoms with E-state index in [0.717, 1.165) is 16.7 Å². The Bertz CT molecular complexity index is 3080. The Hall–Kier alpha value is -6.78. The van der Waals surface area contributed by atoms with E-state index in [1.165, 1.54) is 6.20 Å². The first-order valence-corrected chi connectivity index (χ1v) is 29.1. The molecule has 0 saturated heterocycles. The highest BCUT2D eigenvalue weighted by atomic mass is 32.2. The van der Waals surface area contributed by atoms with Gasteiger partial charge < -0.3 is 25.6 Å². The Morgan fingerprint density at radius 3 is 1.32 bits per heavy atom. The van der Waals surface area contributed by atoms with Gasteiger partial charge in [-0.3, -0.25) is 9.78 Å². The van der Waals surface area contributed by atoms with Crippen molar-refractivity contribution >= 4 is 42.7 Å². The predicted molar refractivity (Wildman–Crippen MR) is 299 cm³/mol. The Labute approximate surface area is 449 Å². The number of hydrogen-bond acceptors (Lipinski definition) is 11. The van der Waals surface area contributed by atoms with E-state index >= 15 is 0 Å². The molecule has 0 aliphatic carbocycles. The van der Waals surface area contributed by atoms with Crippen LogP contribution in [0.1, 0.15) is 93.4 Å². The minimum Gasteiger partial charge on any atom is -0.445 e. The second kappa shape index (κ2) is 28.9. The zero-order chi connectivity index (χ0) is 54.5. The molecule has 1 heterocycles. The van der Waals surface area contributed by atoms with Gasteiger partial charge >= 0.3 is 6.09 Å². The third-order valence-corrected chi connectivity index (χ3v) is 17.7. The lowest BCUT2D eigenvalue weighted by molar-refractivity contribution is 0.0804. The number of carbonyl (C=O) groups is 2. The number of nitrogens with zero attached hydrogens (tertiary/aromatic N) is 2. The van der Waals surface area contributed by atoms with Crippen molar-refractivity contribution in [3.05, 3.63) is 205 Å². The van der Waals surface area contributed by atoms with E-state index in [0.29, 0.717) is 61.4 Å². The van der Waals surface area contributed by atoms with Crippen LogP contribution < -0.4 is 10.6 Å². The van der Waals surface area contributed by atoms with E-state index in [1.54, 1.807) is 66.7 Å². The lowest BCUT2D eigenvalue weighted by Crippen LogP contribution is -2.47. The molecule has 0 bridgehead atoms. The molecule has 7 rings (SSSR count). The molecular weight excluding hydrogens is 997 g/mol. The summed E-state index contributed by atoms with van der Waals surface area (Å²) in [5.41, 5.74) is 4.07. The molecule has 0 fully saturated rings. The number of fused-ring (bicyclic) bond motifs is 1. The number of carbonyl (C=O) groups excluding carboxylic acids is 2. The molecule has 0 aliphatic rings. The van der Waals surface area contributed by atoms with Crippen molar-refractivity contribution in [2.75, 3.05) is 0 Å². The molecule has 6 atom stereocenters. The van der Waals surface area contributed by atoms with Gasteiger partial charge in [-0.15, -0.1) is 0 Å². The topological polar surface area (TPSA) is 202 Å². The van der Waals surface area contributed by atoms with Crippen molar-refractivity contribution in [3.63, 3.8) is 0 Å². The number of aliphatic hydroxyl groups excluding tert-OH is 2. The first-order chi connectivity index (χ1) is 36.5. The molecule has 6 aromatic carbocycles. The van der Waals surface area contributed by atoms with Crippen LogP contribution in [0.25, 0.3) is 11.0 Å². The van der Waals surface area contributed by atoms with E-state index in [2.05, 4.69) is 20.6 Å². The number of aliphatic hydroxyl groups is 2. The molecule has 0 saturated carbocycles. The molecule has 4 N–H and O–H groups in total. The molecule has 0 radical (unpaired) electrons. The van der Waals surface area contributed by atoms with Crippen LogP contribution in [0.4, 0.5) is 4.79 Å². The van der Waals surface area contributed by atoms with E-state index in [1.807, 2.05) is 137 Å². The zero-order valence-corrected chi connectivity index (χ0v) is 45.4. The van der Waals surface area contributed by atoms with Gasteiger partial charge in [0.15, 0.2) is 19.7 Å². The van der Waals surface area contributed by atoms with Gasteiger partial charge in [0.1, 0.15) is 12.3 Å². The first kappa shape index (κ1) is 58.5. The maximum atomic E-state index is 13.6. The zero-order valence-electron chi connectivity index (χ0n) is 43.8. The van der Waals surface area contributed by atoms with Gasteiger partial charge in [0.2, 0.25) is 0 Å². The summed E-state index contributed by atoms with van der Waals surface area (Å²) in [7, 11) is -7.38. The van der Waals surface area contributed by atoms with E-state index < -0.39 is 66.5 Å². The van der Waals surface area contributed by atoms with E-state index in [9.17, 15) is 36.6 Å². The summed E-state index contributed by atoms with van der Waals surface area (Å²) in [5, 5.41) is 26.9. The maximum Gasteiger partial charge on any atom is 0.407 e. The molecule has 402 valence electrons. The van der Waals surface area contributed by atoms with Gasteiger partial charge in [-0.2, -0.15) is 0 Å². The molecule has 6 unspecified atom stereocenters. The van der Waals surface area contributed by atoms with Crippen molar-refractivity contribution in [2.24, 2.45) is 11.8 Å². The van der Waals surface area contributed by atoms with Crippen LogP contribution in [0.5, 0.6) is 0 Å². The van der Waals surface area contributed by atoms with Crippen LogP contribution in [0.15, 0.2) is 192 Å². The van der Waals surface area contributed by atoms with Gasteiger partial charge in [0.05, 0.1) is 61.8 Å². The van der Waals surface area contributed by atoms with Crippen molar-refractivity contribution in [1.82, 2.24) is 20.6 Å². The second-order valence-corrected chi connectivity index (χ2v) is 24.5. The summed E-state index contributed by atoms with van der Waals surface area (Å²) in [6, 6.07) is 50.8. The second-order valence-electron chi connectivity index (χ2n) is 20.0. The van der Waals surface area contributed by atoms with Crippen LogP contribution >= 0.6 is 0 Å². The number of alkyl carbamates (subject to hydrolysis) is 1. The summed E-state index contributed by atoms with van der Waals surface area (Å²) in [6.45, 7) is 8.29. The molecule has 76 heavy (non-hydrogen) atoms. The molecule has 15 heteroatoms. The van der Waals surface area contributed by atoms with Crippen LogP contribution in [-0.4, -0.2) is 83.8 Å². The molecule has 7 aromatic rings. The Morgan fingerprint density at radius 2 is 0.882 bits per heavy atom. The van der Waals surface area contributed by atoms with Gasteiger partial charge in [-0.05, 0) is 116 Å². The van der Waals surface area contributed by atoms with Gasteiger partial charge in [-0.1, -0.05) is 167 Å². The van der Waals surface area contributed by atoms with Gasteiger partial charge in [-0.25, -0.2) is 26.6 Å². The van der Waals surface area contributed by atoms with Crippen molar-refractivity contribution in [3.8, 4) is 0 Å². The molecule has 0 spiro atoms. The maximum absolute atomic E-state index is 13.6. The van der Waals surface area contributed by atoms with Gasteiger partial charge in [0, 0.05) is 0 Å². The van der Waals surface area contributed by atoms with E-state index in [4.69, 9.17) is 4.74 Å². The Balaban J connectivity index is 0.000000247. The van der Waals surface area contributed by atoms with Gasteiger partial charge in [0.25, 0.3) is 5.91 Å². The number of hydrogen-bond donors (Lipinski definition) is 4. The average molecular weight is 1070 g/mol. The molecular formula is C61H72N4O9S2. The normalized spacial score (nSPS) is 14.1. The Morgan fingerprint density at radius 1 is 0.500 bits per heavy atom. The number of benzene rings is 6. The quantitative estimate of drug-likeness (QED) is 0.0424. The first-order valence-electron chi connectivity index (χ1n) is 26.0. The number of para-hydroxylation sites is 2. The highest BCUT2D eigenvalue weighted by molar-refractivity contribution is 7.92. The largest absolute Gasteiger partial charge is 0.445 e. The number of nitrogens with one attached hydrogen (secondary N) is 2. The lowest BCUT2D eigenvalue weighted by Gasteiger charge is -2.28. The number of sulfone groups is 2. The van der Waals surface area contributed by atoms with Crippen molar-refractivity contribution < 1.29 is 41.4 Å². The SMILES string of the molecule is CC(C)CCC(CC(O)C(Cc1ccccc1)NC(=O)OCc1ccccc1)S(=O)(=O)c1ccccc1.CC(C)CCC(CC(O)C(Cc1ccccc1)NC(=O)c1cnc2ccccc2n1)S(=O)(=O)c1ccccc1. The number of aromatic nitrogens is 2. The summed E-state index contributed by atoms with van der Waals surface area (Å²) in [5.74, 6) is 0.150. The van der Waals surface area contributed by atoms with Crippen LogP contribution in [0.2, 0.25) is 0 Å². The minimum atomic E-state index is -3.70. The smallest absolute Gasteiger partial charge is 0.407 e. The Kier molecular flexibility index (Phi) is 22.3. The van der Waals surface area contributed by atoms with E-state index in [-0.39, 0.29) is 34.9 Å². The summed E-state index contributed by atoms with van der Waals surface area (Å²) in [4.78, 5) is 35.2. The average Bonchev–Trinajstić information content (AvgIpc) is 3.43. The molecule has 0 aliphatic heterocycles. The minimum absolute atomic E-state index is 0.000410. The van der Waals surface area contributed by atoms with Crippen LogP contribution in [0, 0.1) is 11.8 Å². The molecule has 2 amide bonds.